The molecular formula is C38H66N7O18P3S. The average molecular weight is 1030 g/mol. The fourth-order valence-electron chi connectivity index (χ4n) is 7.10. The molecule has 8 atom stereocenters. The molecule has 0 radical (unpaired) electrons. The van der Waals surface area contributed by atoms with Gasteiger partial charge in [0.25, 0.3) is 0 Å². The van der Waals surface area contributed by atoms with Gasteiger partial charge >= 0.3 is 23.5 Å². The van der Waals surface area contributed by atoms with Crippen molar-refractivity contribution in [2.75, 3.05) is 44.4 Å². The largest absolute Gasteiger partial charge is 0.481 e. The Morgan fingerprint density at radius 2 is 1.58 bits per heavy atom. The Hall–Kier alpha value is -2.48. The van der Waals surface area contributed by atoms with E-state index >= 15 is 0 Å². The molecule has 0 aromatic carbocycles. The third-order valence-electron chi connectivity index (χ3n) is 11.0. The number of epoxide rings is 1. The Morgan fingerprint density at radius 1 is 0.970 bits per heavy atom. The first-order valence-corrected chi connectivity index (χ1v) is 27.7. The Balaban J connectivity index is 1.11. The number of fused-ring (bicyclic) bond motifs is 1. The highest BCUT2D eigenvalue weighted by Gasteiger charge is 2.52. The number of nitrogen functional groups attached to an aromatic ring is 1. The molecule has 2 aliphatic heterocycles. The monoisotopic (exact) mass is 1030 g/mol. The van der Waals surface area contributed by atoms with Gasteiger partial charge in [-0.15, -0.1) is 5.10 Å². The SMILES string of the molecule is CCCCCCCCCCCCCC[C@]1(C(=O)SCCNC(=O)CCNC(=O)[C@H](O)C(C)(C)COP(=O)(O)OP(=O)(O)OC[C@H]2O[C@@H](n3cnc4c(N)cnnc43)[C@H](O)[C@@H]2OP(=O)(O)O)CO1. The van der Waals surface area contributed by atoms with Crippen LogP contribution in [0.25, 0.3) is 11.2 Å². The molecule has 0 bridgehead atoms. The van der Waals surface area contributed by atoms with E-state index in [4.69, 9.17) is 24.3 Å². The van der Waals surface area contributed by atoms with Crippen LogP contribution < -0.4 is 16.4 Å². The second kappa shape index (κ2) is 26.1. The first-order chi connectivity index (χ1) is 31.5. The van der Waals surface area contributed by atoms with Gasteiger partial charge in [0.05, 0.1) is 38.0 Å². The lowest BCUT2D eigenvalue weighted by atomic mass is 9.87. The third-order valence-corrected chi connectivity index (χ3v) is 15.2. The number of unbranched alkanes of at least 4 members (excludes halogenated alkanes) is 11. The summed E-state index contributed by atoms with van der Waals surface area (Å²) in [6.07, 6.45) is 8.57. The molecular weight excluding hydrogens is 967 g/mol. The second-order valence-corrected chi connectivity index (χ2v) is 22.5. The quantitative estimate of drug-likeness (QED) is 0.0280. The van der Waals surface area contributed by atoms with Gasteiger partial charge < -0.3 is 55.6 Å². The molecule has 4 rings (SSSR count). The minimum absolute atomic E-state index is 0.0169. The Morgan fingerprint density at radius 3 is 2.19 bits per heavy atom. The van der Waals surface area contributed by atoms with E-state index in [1.165, 1.54) is 77.8 Å². The van der Waals surface area contributed by atoms with Crippen molar-refractivity contribution in [1.29, 1.82) is 0 Å². The Bertz CT molecular complexity index is 2080. The van der Waals surface area contributed by atoms with E-state index in [0.717, 1.165) is 41.9 Å². The van der Waals surface area contributed by atoms with Gasteiger partial charge in [0, 0.05) is 30.7 Å². The van der Waals surface area contributed by atoms with Crippen LogP contribution in [-0.2, 0) is 55.4 Å². The summed E-state index contributed by atoms with van der Waals surface area (Å²) in [5.41, 5.74) is 3.69. The van der Waals surface area contributed by atoms with Gasteiger partial charge in [-0.3, -0.25) is 32.5 Å². The van der Waals surface area contributed by atoms with Crippen molar-refractivity contribution in [3.8, 4) is 0 Å². The van der Waals surface area contributed by atoms with E-state index < -0.39 is 90.2 Å². The number of anilines is 1. The number of hydrogen-bond donors (Lipinski definition) is 9. The summed E-state index contributed by atoms with van der Waals surface area (Å²) in [5, 5.41) is 34.1. The molecule has 10 N–H and O–H groups in total. The number of imidazole rings is 1. The fraction of sp³-hybridized carbons (Fsp3) is 0.789. The number of nitrogens with zero attached hydrogens (tertiary/aromatic N) is 4. The summed E-state index contributed by atoms with van der Waals surface area (Å²) in [4.78, 5) is 81.3. The molecule has 0 aliphatic carbocycles. The summed E-state index contributed by atoms with van der Waals surface area (Å²) in [7, 11) is -16.4. The predicted octanol–water partition coefficient (Wildman–Crippen LogP) is 3.52. The van der Waals surface area contributed by atoms with Crippen molar-refractivity contribution in [1.82, 2.24) is 30.4 Å². The van der Waals surface area contributed by atoms with E-state index in [2.05, 4.69) is 41.6 Å². The van der Waals surface area contributed by atoms with Gasteiger partial charge in [0.2, 0.25) is 16.9 Å². The van der Waals surface area contributed by atoms with Crippen molar-refractivity contribution in [2.45, 2.75) is 147 Å². The maximum absolute atomic E-state index is 12.8. The van der Waals surface area contributed by atoms with Crippen LogP contribution in [-0.4, -0.2) is 135 Å². The van der Waals surface area contributed by atoms with Crippen LogP contribution in [0.15, 0.2) is 12.5 Å². The van der Waals surface area contributed by atoms with E-state index in [-0.39, 0.29) is 41.5 Å². The number of aliphatic hydroxyl groups is 2. The van der Waals surface area contributed by atoms with Gasteiger partial charge in [0.15, 0.2) is 17.5 Å². The van der Waals surface area contributed by atoms with Crippen molar-refractivity contribution in [3.05, 3.63) is 12.5 Å². The van der Waals surface area contributed by atoms with Gasteiger partial charge in [-0.05, 0) is 12.8 Å². The summed E-state index contributed by atoms with van der Waals surface area (Å²) < 4.78 is 68.0. The molecule has 0 saturated carbocycles. The van der Waals surface area contributed by atoms with Crippen molar-refractivity contribution >= 4 is 69.0 Å². The van der Waals surface area contributed by atoms with Crippen molar-refractivity contribution in [2.24, 2.45) is 5.41 Å². The number of carbonyl (C=O) groups excluding carboxylic acids is 3. The highest BCUT2D eigenvalue weighted by Crippen LogP contribution is 2.61. The maximum atomic E-state index is 12.8. The van der Waals surface area contributed by atoms with E-state index in [9.17, 15) is 57.9 Å². The minimum Gasteiger partial charge on any atom is -0.396 e. The number of thioether (sulfide) groups is 1. The highest BCUT2D eigenvalue weighted by atomic mass is 32.2. The molecule has 2 aromatic rings. The molecule has 2 fully saturated rings. The number of phosphoric acid groups is 3. The smallest absolute Gasteiger partial charge is 0.396 e. The number of aliphatic hydroxyl groups excluding tert-OH is 2. The zero-order valence-corrected chi connectivity index (χ0v) is 41.4. The molecule has 382 valence electrons. The van der Waals surface area contributed by atoms with Crippen LogP contribution >= 0.6 is 35.2 Å². The first-order valence-electron chi connectivity index (χ1n) is 22.2. The lowest BCUT2D eigenvalue weighted by molar-refractivity contribution is -0.137. The molecule has 67 heavy (non-hydrogen) atoms. The number of ether oxygens (including phenoxy) is 2. The Kier molecular flexibility index (Phi) is 22.3. The topological polar surface area (TPSA) is 376 Å². The lowest BCUT2D eigenvalue weighted by Gasteiger charge is -2.30. The van der Waals surface area contributed by atoms with E-state index in [1.807, 2.05) is 0 Å². The number of aromatic nitrogens is 4. The average Bonchev–Trinajstić information content (AvgIpc) is 3.83. The number of hydrogen-bond acceptors (Lipinski definition) is 19. The van der Waals surface area contributed by atoms with Crippen molar-refractivity contribution in [3.63, 3.8) is 0 Å². The van der Waals surface area contributed by atoms with Crippen LogP contribution in [0.3, 0.4) is 0 Å². The minimum atomic E-state index is -5.58. The number of amides is 2. The standard InChI is InChI=1S/C38H66N7O18P3S/c1-4-5-6-7-8-9-10-11-12-13-14-15-17-38(24-58-38)36(50)67-20-19-40-28(46)16-18-41-34(49)32(48)37(2,3)23-60-66(56,57)63-65(54,55)59-22-27-31(62-64(51,52)53)30(47)35(61-27)45-25-42-29-26(39)21-43-44-33(29)45/h21,25,27,30-32,35,47-48H,4-20,22-24H2,1-3H3,(H2,39,44)(H,40,46)(H,41,49)(H,54,55)(H,56,57)(H2,51,52,53)/t27-,30-,31-,32+,35-,38-/m1/s1. The number of rotatable bonds is 33. The maximum Gasteiger partial charge on any atom is 0.481 e. The predicted molar refractivity (Wildman–Crippen MR) is 241 cm³/mol. The molecule has 2 saturated heterocycles. The number of phosphoric ester groups is 3. The number of nitrogens with two attached hydrogens (primary N) is 1. The van der Waals surface area contributed by atoms with Crippen LogP contribution in [0.5, 0.6) is 0 Å². The molecule has 2 aliphatic rings. The molecule has 2 unspecified atom stereocenters. The second-order valence-electron chi connectivity index (χ2n) is 17.2. The summed E-state index contributed by atoms with van der Waals surface area (Å²) >= 11 is 1.10. The van der Waals surface area contributed by atoms with Gasteiger partial charge in [-0.25, -0.2) is 18.7 Å². The van der Waals surface area contributed by atoms with Gasteiger partial charge in [-0.1, -0.05) is 103 Å². The van der Waals surface area contributed by atoms with Crippen LogP contribution in [0, 0.1) is 5.41 Å². The summed E-state index contributed by atoms with van der Waals surface area (Å²) in [6, 6.07) is 0. The van der Waals surface area contributed by atoms with Gasteiger partial charge in [-0.2, -0.15) is 9.41 Å². The summed E-state index contributed by atoms with van der Waals surface area (Å²) in [5.74, 6) is -1.07. The zero-order chi connectivity index (χ0) is 49.5. The molecule has 0 spiro atoms. The van der Waals surface area contributed by atoms with Crippen LogP contribution in [0.4, 0.5) is 5.69 Å². The van der Waals surface area contributed by atoms with E-state index in [1.54, 1.807) is 0 Å². The van der Waals surface area contributed by atoms with Crippen LogP contribution in [0.2, 0.25) is 0 Å². The first kappa shape index (κ1) is 57.1. The van der Waals surface area contributed by atoms with Gasteiger partial charge in [0.1, 0.15) is 29.9 Å². The third kappa shape index (κ3) is 18.7. The van der Waals surface area contributed by atoms with Crippen molar-refractivity contribution < 1.29 is 85.2 Å². The molecule has 2 aromatic heterocycles. The Labute approximate surface area is 392 Å². The van der Waals surface area contributed by atoms with E-state index in [0.29, 0.717) is 18.8 Å². The summed E-state index contributed by atoms with van der Waals surface area (Å²) in [6.45, 7) is 3.12. The molecule has 25 nitrogen and oxygen atoms in total. The number of nitrogens with one attached hydrogen (secondary N) is 2. The highest BCUT2D eigenvalue weighted by molar-refractivity contribution is 8.13. The molecule has 2 amide bonds. The van der Waals surface area contributed by atoms with Crippen LogP contribution in [0.1, 0.15) is 117 Å². The lowest BCUT2D eigenvalue weighted by Crippen LogP contribution is -2.46. The molecule has 4 heterocycles. The normalized spacial score (nSPS) is 23.1. The fourth-order valence-corrected chi connectivity index (χ4v) is 10.8. The zero-order valence-electron chi connectivity index (χ0n) is 37.9. The number of carbonyl (C=O) groups is 3. The molecule has 29 heteroatoms.